The molecule has 1 heterocycles. The highest BCUT2D eigenvalue weighted by atomic mass is 32.2. The minimum atomic E-state index is -0.511. The highest BCUT2D eigenvalue weighted by Crippen LogP contribution is 2.41. The molecule has 8 nitrogen and oxygen atoms in total. The molecule has 0 radical (unpaired) electrons. The zero-order valence-electron chi connectivity index (χ0n) is 14.4. The standard InChI is InChI=1S/C17H17N5O3S/c1-20(2)26-11-8-9-14-12(10-11)16(17(23)21(14)3)19-18-13-6-4-5-7-15(13)22(24)25/h4-10,23H,1-3H3. The van der Waals surface area contributed by atoms with Crippen LogP contribution in [0.15, 0.2) is 57.6 Å². The summed E-state index contributed by atoms with van der Waals surface area (Å²) in [6, 6.07) is 11.8. The van der Waals surface area contributed by atoms with Gasteiger partial charge in [-0.05, 0) is 50.3 Å². The van der Waals surface area contributed by atoms with E-state index in [0.717, 1.165) is 15.8 Å². The van der Waals surface area contributed by atoms with Crippen molar-refractivity contribution in [2.75, 3.05) is 14.1 Å². The van der Waals surface area contributed by atoms with Gasteiger partial charge in [0.25, 0.3) is 5.69 Å². The number of nitro benzene ring substituents is 1. The average molecular weight is 371 g/mol. The van der Waals surface area contributed by atoms with Gasteiger partial charge >= 0.3 is 0 Å². The molecule has 0 fully saturated rings. The molecule has 0 aliphatic heterocycles. The fourth-order valence-electron chi connectivity index (χ4n) is 2.56. The van der Waals surface area contributed by atoms with Crippen LogP contribution in [0, 0.1) is 10.1 Å². The molecule has 3 aromatic rings. The van der Waals surface area contributed by atoms with Gasteiger partial charge in [-0.3, -0.25) is 14.4 Å². The molecule has 0 aliphatic rings. The van der Waals surface area contributed by atoms with Gasteiger partial charge in [0.1, 0.15) is 0 Å². The Morgan fingerprint density at radius 2 is 1.92 bits per heavy atom. The van der Waals surface area contributed by atoms with Crippen LogP contribution in [-0.4, -0.2) is 33.0 Å². The molecule has 0 atom stereocenters. The molecule has 0 saturated carbocycles. The summed E-state index contributed by atoms with van der Waals surface area (Å²) in [4.78, 5) is 11.6. The molecule has 0 spiro atoms. The summed E-state index contributed by atoms with van der Waals surface area (Å²) in [6.07, 6.45) is 0. The molecule has 0 bridgehead atoms. The normalized spacial score (nSPS) is 11.7. The van der Waals surface area contributed by atoms with Crippen LogP contribution in [0.3, 0.4) is 0 Å². The Morgan fingerprint density at radius 1 is 1.19 bits per heavy atom. The zero-order valence-corrected chi connectivity index (χ0v) is 15.3. The summed E-state index contributed by atoms with van der Waals surface area (Å²) in [6.45, 7) is 0. The maximum atomic E-state index is 11.1. The van der Waals surface area contributed by atoms with Crippen LogP contribution >= 0.6 is 11.9 Å². The Balaban J connectivity index is 2.10. The van der Waals surface area contributed by atoms with Crippen molar-refractivity contribution < 1.29 is 10.0 Å². The molecule has 1 N–H and O–H groups in total. The Kier molecular flexibility index (Phi) is 4.92. The molecule has 0 aliphatic carbocycles. The lowest BCUT2D eigenvalue weighted by Gasteiger charge is -2.08. The molecule has 3 rings (SSSR count). The highest BCUT2D eigenvalue weighted by Gasteiger charge is 2.17. The van der Waals surface area contributed by atoms with E-state index in [1.54, 1.807) is 23.7 Å². The number of azo groups is 1. The lowest BCUT2D eigenvalue weighted by Crippen LogP contribution is -1.98. The monoisotopic (exact) mass is 371 g/mol. The van der Waals surface area contributed by atoms with Gasteiger partial charge in [-0.2, -0.15) is 0 Å². The largest absolute Gasteiger partial charge is 0.493 e. The first-order valence-corrected chi connectivity index (χ1v) is 8.47. The smallest absolute Gasteiger partial charge is 0.296 e. The van der Waals surface area contributed by atoms with Crippen LogP contribution < -0.4 is 0 Å². The summed E-state index contributed by atoms with van der Waals surface area (Å²) in [5.74, 6) is -0.0469. The fourth-order valence-corrected chi connectivity index (χ4v) is 3.28. The summed E-state index contributed by atoms with van der Waals surface area (Å²) >= 11 is 1.54. The number of aromatic hydroxyl groups is 1. The Morgan fingerprint density at radius 3 is 2.62 bits per heavy atom. The van der Waals surface area contributed by atoms with Crippen LogP contribution in [0.4, 0.5) is 17.1 Å². The molecule has 2 aromatic carbocycles. The van der Waals surface area contributed by atoms with Crippen LogP contribution in [-0.2, 0) is 7.05 Å². The number of nitro groups is 1. The molecule has 9 heteroatoms. The number of hydrogen-bond acceptors (Lipinski definition) is 7. The second-order valence-corrected chi connectivity index (χ2v) is 7.14. The first-order chi connectivity index (χ1) is 12.4. The van der Waals surface area contributed by atoms with E-state index in [1.165, 1.54) is 24.1 Å². The first-order valence-electron chi connectivity index (χ1n) is 7.70. The number of para-hydroxylation sites is 1. The third-order valence-corrected chi connectivity index (χ3v) is 4.57. The summed E-state index contributed by atoms with van der Waals surface area (Å²) in [7, 11) is 5.60. The van der Waals surface area contributed by atoms with Crippen LogP contribution in [0.5, 0.6) is 5.88 Å². The lowest BCUT2D eigenvalue weighted by molar-refractivity contribution is -0.384. The SMILES string of the molecule is CN(C)Sc1ccc2c(c1)c(N=Nc1ccccc1[N+](=O)[O-])c(O)n2C. The predicted octanol–water partition coefficient (Wildman–Crippen LogP) is 4.78. The van der Waals surface area contributed by atoms with E-state index >= 15 is 0 Å². The van der Waals surface area contributed by atoms with Crippen molar-refractivity contribution >= 4 is 39.9 Å². The first kappa shape index (κ1) is 17.9. The lowest BCUT2D eigenvalue weighted by atomic mass is 10.2. The number of benzene rings is 2. The van der Waals surface area contributed by atoms with Gasteiger partial charge in [0, 0.05) is 23.4 Å². The number of aromatic nitrogens is 1. The third-order valence-electron chi connectivity index (χ3n) is 3.74. The van der Waals surface area contributed by atoms with Gasteiger partial charge < -0.3 is 9.67 Å². The Hall–Kier alpha value is -2.91. The van der Waals surface area contributed by atoms with Gasteiger partial charge in [-0.25, -0.2) is 0 Å². The molecule has 0 unspecified atom stereocenters. The van der Waals surface area contributed by atoms with Crippen molar-refractivity contribution in [1.29, 1.82) is 0 Å². The summed E-state index contributed by atoms with van der Waals surface area (Å²) in [5, 5.41) is 30.4. The Bertz CT molecular complexity index is 1010. The van der Waals surface area contributed by atoms with Crippen LogP contribution in [0.1, 0.15) is 0 Å². The van der Waals surface area contributed by atoms with Gasteiger partial charge in [0.2, 0.25) is 5.88 Å². The van der Waals surface area contributed by atoms with E-state index in [1.807, 2.05) is 36.6 Å². The minimum Gasteiger partial charge on any atom is -0.493 e. The average Bonchev–Trinajstić information content (AvgIpc) is 2.83. The molecular weight excluding hydrogens is 354 g/mol. The van der Waals surface area contributed by atoms with Crippen molar-refractivity contribution in [2.24, 2.45) is 17.3 Å². The number of hydrogen-bond donors (Lipinski definition) is 1. The molecule has 0 saturated heterocycles. The van der Waals surface area contributed by atoms with Crippen LogP contribution in [0.25, 0.3) is 10.9 Å². The van der Waals surface area contributed by atoms with Crippen molar-refractivity contribution in [3.63, 3.8) is 0 Å². The maximum Gasteiger partial charge on any atom is 0.296 e. The predicted molar refractivity (Wildman–Crippen MR) is 101 cm³/mol. The number of aryl methyl sites for hydroxylation is 1. The van der Waals surface area contributed by atoms with Crippen molar-refractivity contribution in [3.05, 3.63) is 52.6 Å². The topological polar surface area (TPSA) is 96.3 Å². The number of nitrogens with zero attached hydrogens (tertiary/aromatic N) is 5. The van der Waals surface area contributed by atoms with Crippen molar-refractivity contribution in [1.82, 2.24) is 8.87 Å². The van der Waals surface area contributed by atoms with E-state index in [0.29, 0.717) is 0 Å². The molecule has 0 amide bonds. The van der Waals surface area contributed by atoms with Crippen molar-refractivity contribution in [3.8, 4) is 5.88 Å². The van der Waals surface area contributed by atoms with Gasteiger partial charge in [-0.1, -0.05) is 12.1 Å². The molecule has 134 valence electrons. The van der Waals surface area contributed by atoms with Gasteiger partial charge in [0.05, 0.1) is 10.4 Å². The van der Waals surface area contributed by atoms with E-state index in [2.05, 4.69) is 10.2 Å². The third kappa shape index (κ3) is 3.39. The summed E-state index contributed by atoms with van der Waals surface area (Å²) in [5.41, 5.74) is 1.07. The van der Waals surface area contributed by atoms with E-state index < -0.39 is 4.92 Å². The second kappa shape index (κ2) is 7.14. The number of rotatable bonds is 5. The second-order valence-electron chi connectivity index (χ2n) is 5.76. The summed E-state index contributed by atoms with van der Waals surface area (Å²) < 4.78 is 3.56. The van der Waals surface area contributed by atoms with Gasteiger partial charge in [-0.15, -0.1) is 10.2 Å². The molecular formula is C17H17N5O3S. The molecule has 26 heavy (non-hydrogen) atoms. The number of fused-ring (bicyclic) bond motifs is 1. The molecule has 1 aromatic heterocycles. The zero-order chi connectivity index (χ0) is 18.8. The fraction of sp³-hybridized carbons (Fsp3) is 0.176. The van der Waals surface area contributed by atoms with Crippen LogP contribution in [0.2, 0.25) is 0 Å². The van der Waals surface area contributed by atoms with Gasteiger partial charge in [0.15, 0.2) is 11.4 Å². The highest BCUT2D eigenvalue weighted by molar-refractivity contribution is 7.97. The Labute approximate surface area is 154 Å². The van der Waals surface area contributed by atoms with Crippen molar-refractivity contribution in [2.45, 2.75) is 4.90 Å². The maximum absolute atomic E-state index is 11.1. The van der Waals surface area contributed by atoms with E-state index in [4.69, 9.17) is 0 Å². The quantitative estimate of drug-likeness (QED) is 0.301. The van der Waals surface area contributed by atoms with E-state index in [-0.39, 0.29) is 22.9 Å². The minimum absolute atomic E-state index is 0.0469. The van der Waals surface area contributed by atoms with E-state index in [9.17, 15) is 15.2 Å².